The van der Waals surface area contributed by atoms with E-state index in [4.69, 9.17) is 0 Å². The van der Waals surface area contributed by atoms with E-state index >= 15 is 0 Å². The number of nitrogens with one attached hydrogen (secondary N) is 1. The van der Waals surface area contributed by atoms with Crippen molar-refractivity contribution in [3.63, 3.8) is 0 Å². The van der Waals surface area contributed by atoms with Gasteiger partial charge in [0.15, 0.2) is 0 Å². The fraction of sp³-hybridized carbons (Fsp3) is 0.421. The van der Waals surface area contributed by atoms with Gasteiger partial charge in [-0.15, -0.1) is 0 Å². The van der Waals surface area contributed by atoms with Crippen molar-refractivity contribution in [2.24, 2.45) is 0 Å². The lowest BCUT2D eigenvalue weighted by molar-refractivity contribution is 0.102. The van der Waals surface area contributed by atoms with Crippen LogP contribution in [0.5, 0.6) is 0 Å². The van der Waals surface area contributed by atoms with Crippen LogP contribution < -0.4 is 10.2 Å². The molecule has 1 N–H and O–H groups in total. The van der Waals surface area contributed by atoms with Crippen molar-refractivity contribution in [1.29, 1.82) is 0 Å². The van der Waals surface area contributed by atoms with E-state index in [0.717, 1.165) is 24.5 Å². The van der Waals surface area contributed by atoms with Crippen LogP contribution in [-0.4, -0.2) is 29.0 Å². The van der Waals surface area contributed by atoms with Crippen LogP contribution in [0.4, 0.5) is 11.4 Å². The molecule has 2 aromatic rings. The Kier molecular flexibility index (Phi) is 6.73. The molecule has 5 nitrogen and oxygen atoms in total. The lowest BCUT2D eigenvalue weighted by Gasteiger charge is -2.30. The number of carbonyl (C=O) groups is 1. The Morgan fingerprint density at radius 1 is 1.08 bits per heavy atom. The minimum Gasteiger partial charge on any atom is -0.370 e. The molecule has 0 spiro atoms. The Morgan fingerprint density at radius 2 is 1.79 bits per heavy atom. The predicted molar refractivity (Wildman–Crippen MR) is 98.6 cm³/mol. The van der Waals surface area contributed by atoms with Crippen LogP contribution in [0.2, 0.25) is 0 Å². The van der Waals surface area contributed by atoms with Gasteiger partial charge in [0.2, 0.25) is 0 Å². The van der Waals surface area contributed by atoms with Crippen LogP contribution in [0.25, 0.3) is 0 Å². The Balaban J connectivity index is 0.00000100. The molecule has 0 atom stereocenters. The summed E-state index contributed by atoms with van der Waals surface area (Å²) in [4.78, 5) is 22.9. The third kappa shape index (κ3) is 4.54. The SMILES string of the molecule is CC.Cc1nccc(C(=O)Nc2ccccc2N2CCCCC2)n1. The summed E-state index contributed by atoms with van der Waals surface area (Å²) in [7, 11) is 0. The van der Waals surface area contributed by atoms with E-state index in [2.05, 4.69) is 26.3 Å². The van der Waals surface area contributed by atoms with E-state index in [1.807, 2.05) is 32.0 Å². The van der Waals surface area contributed by atoms with Gasteiger partial charge in [0.1, 0.15) is 11.5 Å². The van der Waals surface area contributed by atoms with Crippen LogP contribution in [0.15, 0.2) is 36.5 Å². The van der Waals surface area contributed by atoms with Gasteiger partial charge in [-0.2, -0.15) is 0 Å². The molecule has 0 saturated carbocycles. The van der Waals surface area contributed by atoms with Gasteiger partial charge in [-0.1, -0.05) is 26.0 Å². The Hall–Kier alpha value is -2.43. The number of rotatable bonds is 3. The molecule has 1 aromatic heterocycles. The second kappa shape index (κ2) is 9.01. The molecule has 1 aliphatic rings. The molecule has 1 aliphatic heterocycles. The Morgan fingerprint density at radius 3 is 2.50 bits per heavy atom. The van der Waals surface area contributed by atoms with Gasteiger partial charge in [0.25, 0.3) is 5.91 Å². The summed E-state index contributed by atoms with van der Waals surface area (Å²) < 4.78 is 0. The van der Waals surface area contributed by atoms with Crippen molar-refractivity contribution >= 4 is 17.3 Å². The number of nitrogens with zero attached hydrogens (tertiary/aromatic N) is 3. The fourth-order valence-corrected chi connectivity index (χ4v) is 2.76. The van der Waals surface area contributed by atoms with Crippen molar-refractivity contribution in [1.82, 2.24) is 9.97 Å². The molecule has 1 amide bonds. The number of hydrogen-bond donors (Lipinski definition) is 1. The van der Waals surface area contributed by atoms with Gasteiger partial charge < -0.3 is 10.2 Å². The first kappa shape index (κ1) is 17.9. The topological polar surface area (TPSA) is 58.1 Å². The molecule has 0 radical (unpaired) electrons. The normalized spacial score (nSPS) is 13.7. The highest BCUT2D eigenvalue weighted by Gasteiger charge is 2.16. The molecule has 24 heavy (non-hydrogen) atoms. The van der Waals surface area contributed by atoms with Crippen LogP contribution in [0.1, 0.15) is 49.4 Å². The van der Waals surface area contributed by atoms with E-state index in [0.29, 0.717) is 11.5 Å². The second-order valence-electron chi connectivity index (χ2n) is 5.51. The first-order chi connectivity index (χ1) is 11.7. The first-order valence-corrected chi connectivity index (χ1v) is 8.69. The van der Waals surface area contributed by atoms with E-state index in [-0.39, 0.29) is 5.91 Å². The van der Waals surface area contributed by atoms with Crippen LogP contribution in [-0.2, 0) is 0 Å². The summed E-state index contributed by atoms with van der Waals surface area (Å²) in [5.41, 5.74) is 2.31. The largest absolute Gasteiger partial charge is 0.370 e. The van der Waals surface area contributed by atoms with E-state index in [1.54, 1.807) is 19.2 Å². The van der Waals surface area contributed by atoms with Gasteiger partial charge in [-0.25, -0.2) is 9.97 Å². The number of para-hydroxylation sites is 2. The van der Waals surface area contributed by atoms with Crippen molar-refractivity contribution in [2.75, 3.05) is 23.3 Å². The summed E-state index contributed by atoms with van der Waals surface area (Å²) >= 11 is 0. The van der Waals surface area contributed by atoms with Crippen molar-refractivity contribution in [3.8, 4) is 0 Å². The average Bonchev–Trinajstić information content (AvgIpc) is 2.64. The molecule has 0 bridgehead atoms. The number of benzene rings is 1. The summed E-state index contributed by atoms with van der Waals surface area (Å²) in [5.74, 6) is 0.395. The molecule has 2 heterocycles. The van der Waals surface area contributed by atoms with E-state index in [1.165, 1.54) is 19.3 Å². The second-order valence-corrected chi connectivity index (χ2v) is 5.51. The number of hydrogen-bond acceptors (Lipinski definition) is 4. The van der Waals surface area contributed by atoms with Gasteiger partial charge in [-0.05, 0) is 44.4 Å². The number of aromatic nitrogens is 2. The number of amides is 1. The highest BCUT2D eigenvalue weighted by atomic mass is 16.1. The smallest absolute Gasteiger partial charge is 0.274 e. The van der Waals surface area contributed by atoms with Gasteiger partial charge in [0.05, 0.1) is 11.4 Å². The van der Waals surface area contributed by atoms with Crippen molar-refractivity contribution in [2.45, 2.75) is 40.0 Å². The molecule has 5 heteroatoms. The van der Waals surface area contributed by atoms with Crippen molar-refractivity contribution < 1.29 is 4.79 Å². The Labute approximate surface area is 144 Å². The average molecular weight is 326 g/mol. The lowest BCUT2D eigenvalue weighted by atomic mass is 10.1. The molecular weight excluding hydrogens is 300 g/mol. The maximum absolute atomic E-state index is 12.4. The molecule has 3 rings (SSSR count). The van der Waals surface area contributed by atoms with Gasteiger partial charge >= 0.3 is 0 Å². The number of aryl methyl sites for hydroxylation is 1. The minimum atomic E-state index is -0.199. The number of piperidine rings is 1. The highest BCUT2D eigenvalue weighted by molar-refractivity contribution is 6.04. The molecule has 0 unspecified atom stereocenters. The van der Waals surface area contributed by atoms with Crippen LogP contribution >= 0.6 is 0 Å². The summed E-state index contributed by atoms with van der Waals surface area (Å²) in [6.07, 6.45) is 5.29. The number of anilines is 2. The van der Waals surface area contributed by atoms with E-state index < -0.39 is 0 Å². The third-order valence-electron chi connectivity index (χ3n) is 3.86. The van der Waals surface area contributed by atoms with Gasteiger partial charge in [-0.3, -0.25) is 4.79 Å². The molecule has 1 aromatic carbocycles. The molecule has 1 saturated heterocycles. The molecule has 1 fully saturated rings. The van der Waals surface area contributed by atoms with Crippen LogP contribution in [0.3, 0.4) is 0 Å². The summed E-state index contributed by atoms with van der Waals surface area (Å²) in [6, 6.07) is 9.58. The Bertz CT molecular complexity index is 666. The monoisotopic (exact) mass is 326 g/mol. The van der Waals surface area contributed by atoms with Crippen LogP contribution in [0, 0.1) is 6.92 Å². The fourth-order valence-electron chi connectivity index (χ4n) is 2.76. The van der Waals surface area contributed by atoms with Gasteiger partial charge in [0, 0.05) is 19.3 Å². The maximum Gasteiger partial charge on any atom is 0.274 e. The maximum atomic E-state index is 12.4. The summed E-state index contributed by atoms with van der Waals surface area (Å²) in [6.45, 7) is 7.86. The lowest BCUT2D eigenvalue weighted by Crippen LogP contribution is -2.30. The third-order valence-corrected chi connectivity index (χ3v) is 3.86. The van der Waals surface area contributed by atoms with E-state index in [9.17, 15) is 4.79 Å². The molecule has 128 valence electrons. The molecule has 0 aliphatic carbocycles. The summed E-state index contributed by atoms with van der Waals surface area (Å²) in [5, 5.41) is 2.98. The quantitative estimate of drug-likeness (QED) is 0.924. The zero-order chi connectivity index (χ0) is 17.4. The zero-order valence-electron chi connectivity index (χ0n) is 14.7. The predicted octanol–water partition coefficient (Wildman–Crippen LogP) is 4.05. The highest BCUT2D eigenvalue weighted by Crippen LogP contribution is 2.28. The van der Waals surface area contributed by atoms with Crippen molar-refractivity contribution in [3.05, 3.63) is 48.0 Å². The standard InChI is InChI=1S/C17H20N4O.C2H6/c1-13-18-10-9-15(19-13)17(22)20-14-7-3-4-8-16(14)21-11-5-2-6-12-21;1-2/h3-4,7-10H,2,5-6,11-12H2,1H3,(H,20,22);1-2H3. The number of carbonyl (C=O) groups excluding carboxylic acids is 1. The first-order valence-electron chi connectivity index (χ1n) is 8.69. The minimum absolute atomic E-state index is 0.199. The zero-order valence-corrected chi connectivity index (χ0v) is 14.7. The molecular formula is C19H26N4O.